The molecule has 140 valence electrons. The molecule has 3 aromatic rings. The Morgan fingerprint density at radius 2 is 1.63 bits per heavy atom. The summed E-state index contributed by atoms with van der Waals surface area (Å²) >= 11 is 0. The van der Waals surface area contributed by atoms with E-state index in [1.165, 1.54) is 12.1 Å². The summed E-state index contributed by atoms with van der Waals surface area (Å²) in [5.41, 5.74) is 6.51. The van der Waals surface area contributed by atoms with Crippen LogP contribution in [-0.4, -0.2) is 22.7 Å². The maximum Gasteiger partial charge on any atom is 0.231 e. The van der Waals surface area contributed by atoms with Crippen LogP contribution in [0.25, 0.3) is 5.69 Å². The lowest BCUT2D eigenvalue weighted by Gasteiger charge is -2.19. The van der Waals surface area contributed by atoms with E-state index in [-0.39, 0.29) is 18.1 Å². The Kier molecular flexibility index (Phi) is 5.13. The van der Waals surface area contributed by atoms with Crippen LogP contribution in [0.3, 0.4) is 0 Å². The molecule has 1 heterocycles. The number of nitrogens with zero attached hydrogens (tertiary/aromatic N) is 3. The number of amides is 1. The van der Waals surface area contributed by atoms with Crippen LogP contribution >= 0.6 is 0 Å². The Morgan fingerprint density at radius 1 is 1.04 bits per heavy atom. The minimum Gasteiger partial charge on any atom is -0.315 e. The predicted octanol–water partition coefficient (Wildman–Crippen LogP) is 4.45. The highest BCUT2D eigenvalue weighted by Crippen LogP contribution is 2.22. The second-order valence-electron chi connectivity index (χ2n) is 7.01. The van der Waals surface area contributed by atoms with Gasteiger partial charge in [-0.25, -0.2) is 9.07 Å². The summed E-state index contributed by atoms with van der Waals surface area (Å²) in [6.45, 7) is 7.88. The second-order valence-corrected chi connectivity index (χ2v) is 7.01. The standard InChI is InChI=1S/C22H24FN3O/c1-14-10-15(2)12-20(11-14)25(5)22(27)13-21-16(3)24-26(17(21)4)19-8-6-18(23)7-9-19/h6-12H,13H2,1-5H3. The van der Waals surface area contributed by atoms with Crippen LogP contribution in [-0.2, 0) is 11.2 Å². The molecule has 3 rings (SSSR count). The molecule has 0 aliphatic heterocycles. The molecule has 0 unspecified atom stereocenters. The molecule has 0 spiro atoms. The van der Waals surface area contributed by atoms with E-state index in [1.54, 1.807) is 28.8 Å². The summed E-state index contributed by atoms with van der Waals surface area (Å²) in [5, 5.41) is 4.55. The van der Waals surface area contributed by atoms with Crippen LogP contribution in [0.4, 0.5) is 10.1 Å². The molecule has 27 heavy (non-hydrogen) atoms. The lowest BCUT2D eigenvalue weighted by atomic mass is 10.1. The molecule has 0 aliphatic carbocycles. The number of halogens is 1. The van der Waals surface area contributed by atoms with Crippen LogP contribution in [0.5, 0.6) is 0 Å². The third-order valence-electron chi connectivity index (χ3n) is 4.81. The smallest absolute Gasteiger partial charge is 0.231 e. The van der Waals surface area contributed by atoms with Crippen molar-refractivity contribution in [2.45, 2.75) is 34.1 Å². The van der Waals surface area contributed by atoms with E-state index in [0.717, 1.165) is 39.5 Å². The van der Waals surface area contributed by atoms with Gasteiger partial charge in [-0.15, -0.1) is 0 Å². The SMILES string of the molecule is Cc1cc(C)cc(N(C)C(=O)Cc2c(C)nn(-c3ccc(F)cc3)c2C)c1. The summed E-state index contributed by atoms with van der Waals surface area (Å²) in [7, 11) is 1.80. The summed E-state index contributed by atoms with van der Waals surface area (Å²) in [6, 6.07) is 12.3. The monoisotopic (exact) mass is 365 g/mol. The van der Waals surface area contributed by atoms with E-state index in [1.807, 2.05) is 39.8 Å². The Balaban J connectivity index is 1.87. The Bertz CT molecular complexity index is 969. The molecular weight excluding hydrogens is 341 g/mol. The first-order chi connectivity index (χ1) is 12.8. The number of likely N-dealkylation sites (N-methyl/N-ethyl adjacent to an activating group) is 1. The van der Waals surface area contributed by atoms with Gasteiger partial charge in [-0.3, -0.25) is 4.79 Å². The quantitative estimate of drug-likeness (QED) is 0.685. The number of aryl methyl sites for hydroxylation is 3. The highest BCUT2D eigenvalue weighted by atomic mass is 19.1. The Morgan fingerprint density at radius 3 is 2.22 bits per heavy atom. The predicted molar refractivity (Wildman–Crippen MR) is 106 cm³/mol. The number of carbonyl (C=O) groups is 1. The zero-order valence-electron chi connectivity index (χ0n) is 16.4. The van der Waals surface area contributed by atoms with Gasteiger partial charge >= 0.3 is 0 Å². The lowest BCUT2D eigenvalue weighted by molar-refractivity contribution is -0.117. The van der Waals surface area contributed by atoms with Crippen LogP contribution in [0.2, 0.25) is 0 Å². The molecule has 1 amide bonds. The van der Waals surface area contributed by atoms with Gasteiger partial charge in [0.15, 0.2) is 0 Å². The molecule has 1 aromatic heterocycles. The Hall–Kier alpha value is -2.95. The molecular formula is C22H24FN3O. The summed E-state index contributed by atoms with van der Waals surface area (Å²) in [4.78, 5) is 14.6. The molecule has 2 aromatic carbocycles. The van der Waals surface area contributed by atoms with Crippen molar-refractivity contribution < 1.29 is 9.18 Å². The van der Waals surface area contributed by atoms with Gasteiger partial charge in [-0.1, -0.05) is 6.07 Å². The van der Waals surface area contributed by atoms with Crippen LogP contribution < -0.4 is 4.90 Å². The van der Waals surface area contributed by atoms with Gasteiger partial charge in [-0.2, -0.15) is 5.10 Å². The number of hydrogen-bond acceptors (Lipinski definition) is 2. The number of rotatable bonds is 4. The number of benzene rings is 2. The number of hydrogen-bond donors (Lipinski definition) is 0. The van der Waals surface area contributed by atoms with Crippen molar-refractivity contribution >= 4 is 11.6 Å². The van der Waals surface area contributed by atoms with Crippen molar-refractivity contribution in [2.24, 2.45) is 0 Å². The molecule has 5 heteroatoms. The second kappa shape index (κ2) is 7.35. The third-order valence-corrected chi connectivity index (χ3v) is 4.81. The molecule has 0 aliphatic rings. The van der Waals surface area contributed by atoms with Crippen molar-refractivity contribution in [3.63, 3.8) is 0 Å². The van der Waals surface area contributed by atoms with E-state index in [9.17, 15) is 9.18 Å². The van der Waals surface area contributed by atoms with Crippen molar-refractivity contribution in [2.75, 3.05) is 11.9 Å². The van der Waals surface area contributed by atoms with Crippen molar-refractivity contribution in [1.82, 2.24) is 9.78 Å². The highest BCUT2D eigenvalue weighted by molar-refractivity contribution is 5.94. The molecule has 0 N–H and O–H groups in total. The maximum atomic E-state index is 13.2. The van der Waals surface area contributed by atoms with Gasteiger partial charge in [0.2, 0.25) is 5.91 Å². The van der Waals surface area contributed by atoms with Gasteiger partial charge in [0.05, 0.1) is 17.8 Å². The molecule has 0 saturated heterocycles. The first kappa shape index (κ1) is 18.8. The van der Waals surface area contributed by atoms with E-state index in [0.29, 0.717) is 0 Å². The van der Waals surface area contributed by atoms with Crippen LogP contribution in [0.15, 0.2) is 42.5 Å². The number of carbonyl (C=O) groups excluding carboxylic acids is 1. The highest BCUT2D eigenvalue weighted by Gasteiger charge is 2.19. The lowest BCUT2D eigenvalue weighted by Crippen LogP contribution is -2.28. The van der Waals surface area contributed by atoms with Gasteiger partial charge in [0.25, 0.3) is 0 Å². The molecule has 0 bridgehead atoms. The average molecular weight is 365 g/mol. The molecule has 0 saturated carbocycles. The molecule has 4 nitrogen and oxygen atoms in total. The molecule has 0 atom stereocenters. The van der Waals surface area contributed by atoms with E-state index < -0.39 is 0 Å². The van der Waals surface area contributed by atoms with Crippen molar-refractivity contribution in [3.8, 4) is 5.69 Å². The Labute approximate surface area is 159 Å². The first-order valence-corrected chi connectivity index (χ1v) is 8.92. The van der Waals surface area contributed by atoms with Gasteiger partial charge < -0.3 is 4.90 Å². The van der Waals surface area contributed by atoms with E-state index >= 15 is 0 Å². The average Bonchev–Trinajstić information content (AvgIpc) is 2.89. The topological polar surface area (TPSA) is 38.1 Å². The van der Waals surface area contributed by atoms with Crippen LogP contribution in [0.1, 0.15) is 28.1 Å². The van der Waals surface area contributed by atoms with Gasteiger partial charge in [-0.05, 0) is 75.2 Å². The zero-order valence-corrected chi connectivity index (χ0v) is 16.4. The molecule has 0 radical (unpaired) electrons. The third kappa shape index (κ3) is 3.92. The zero-order chi connectivity index (χ0) is 19.7. The van der Waals surface area contributed by atoms with Crippen molar-refractivity contribution in [1.29, 1.82) is 0 Å². The minimum atomic E-state index is -0.286. The number of anilines is 1. The van der Waals surface area contributed by atoms with E-state index in [2.05, 4.69) is 11.2 Å². The molecule has 0 fully saturated rings. The van der Waals surface area contributed by atoms with Crippen LogP contribution in [0, 0.1) is 33.5 Å². The summed E-state index contributed by atoms with van der Waals surface area (Å²) in [5.74, 6) is -0.282. The van der Waals surface area contributed by atoms with Crippen molar-refractivity contribution in [3.05, 3.63) is 76.4 Å². The fourth-order valence-electron chi connectivity index (χ4n) is 3.32. The maximum absolute atomic E-state index is 13.2. The van der Waals surface area contributed by atoms with Gasteiger partial charge in [0, 0.05) is 24.0 Å². The fraction of sp³-hybridized carbons (Fsp3) is 0.273. The number of aromatic nitrogens is 2. The minimum absolute atomic E-state index is 0.00450. The van der Waals surface area contributed by atoms with E-state index in [4.69, 9.17) is 0 Å². The summed E-state index contributed by atoms with van der Waals surface area (Å²) < 4.78 is 14.9. The fourth-order valence-corrected chi connectivity index (χ4v) is 3.32. The first-order valence-electron chi connectivity index (χ1n) is 8.92. The summed E-state index contributed by atoms with van der Waals surface area (Å²) in [6.07, 6.45) is 0.266. The largest absolute Gasteiger partial charge is 0.315 e. The normalized spacial score (nSPS) is 10.9. The van der Waals surface area contributed by atoms with Gasteiger partial charge in [0.1, 0.15) is 5.82 Å².